The Kier molecular flexibility index (Phi) is 6.93. The van der Waals surface area contributed by atoms with E-state index in [-0.39, 0.29) is 0 Å². The standard InChI is InChI=1S/C36H31N3Si/c1-40(2,3)33-23-21-27(22-24-33)32-16-10-15-31(25-32)26-17-19-30(20-18-26)36-38-34(28-11-6-4-7-12-28)37-35(39-36)29-13-8-5-9-14-29/h4-25H,1-3H3. The molecule has 0 aliphatic rings. The molecule has 0 amide bonds. The number of nitrogens with zero attached hydrogens (tertiary/aromatic N) is 3. The van der Waals surface area contributed by atoms with Crippen molar-refractivity contribution in [1.29, 1.82) is 0 Å². The third-order valence-corrected chi connectivity index (χ3v) is 9.19. The first-order chi connectivity index (χ1) is 19.4. The van der Waals surface area contributed by atoms with E-state index in [1.165, 1.54) is 21.9 Å². The lowest BCUT2D eigenvalue weighted by atomic mass is 9.98. The number of aromatic nitrogens is 3. The van der Waals surface area contributed by atoms with Crippen molar-refractivity contribution >= 4 is 13.3 Å². The lowest BCUT2D eigenvalue weighted by Gasteiger charge is -2.17. The van der Waals surface area contributed by atoms with Crippen molar-refractivity contribution in [2.75, 3.05) is 0 Å². The summed E-state index contributed by atoms with van der Waals surface area (Å²) in [6.07, 6.45) is 0. The predicted molar refractivity (Wildman–Crippen MR) is 170 cm³/mol. The predicted octanol–water partition coefficient (Wildman–Crippen LogP) is 8.75. The number of benzene rings is 5. The minimum Gasteiger partial charge on any atom is -0.208 e. The molecule has 0 aliphatic heterocycles. The van der Waals surface area contributed by atoms with Crippen molar-refractivity contribution in [3.8, 4) is 56.4 Å². The summed E-state index contributed by atoms with van der Waals surface area (Å²) in [4.78, 5) is 14.5. The third-order valence-electron chi connectivity index (χ3n) is 7.12. The van der Waals surface area contributed by atoms with Gasteiger partial charge in [0, 0.05) is 16.7 Å². The molecule has 0 fully saturated rings. The molecule has 0 saturated heterocycles. The van der Waals surface area contributed by atoms with Crippen molar-refractivity contribution < 1.29 is 0 Å². The second kappa shape index (κ2) is 10.8. The zero-order chi connectivity index (χ0) is 27.5. The van der Waals surface area contributed by atoms with E-state index in [0.29, 0.717) is 17.5 Å². The van der Waals surface area contributed by atoms with E-state index in [1.54, 1.807) is 0 Å². The van der Waals surface area contributed by atoms with Gasteiger partial charge in [-0.05, 0) is 28.3 Å². The summed E-state index contributed by atoms with van der Waals surface area (Å²) in [5.41, 5.74) is 7.70. The Morgan fingerprint density at radius 1 is 0.350 bits per heavy atom. The number of rotatable bonds is 6. The molecule has 6 aromatic rings. The van der Waals surface area contributed by atoms with E-state index in [4.69, 9.17) is 15.0 Å². The van der Waals surface area contributed by atoms with Gasteiger partial charge in [-0.25, -0.2) is 15.0 Å². The highest BCUT2D eigenvalue weighted by Crippen LogP contribution is 2.29. The molecule has 0 radical (unpaired) electrons. The van der Waals surface area contributed by atoms with Gasteiger partial charge in [0.15, 0.2) is 17.5 Å². The summed E-state index contributed by atoms with van der Waals surface area (Å²) in [5, 5.41) is 1.48. The van der Waals surface area contributed by atoms with Crippen molar-refractivity contribution in [3.05, 3.63) is 133 Å². The number of hydrogen-bond acceptors (Lipinski definition) is 3. The van der Waals surface area contributed by atoms with Crippen LogP contribution in [0.3, 0.4) is 0 Å². The summed E-state index contributed by atoms with van der Waals surface area (Å²) in [5.74, 6) is 2.00. The lowest BCUT2D eigenvalue weighted by molar-refractivity contribution is 1.07. The molecule has 4 heteroatoms. The van der Waals surface area contributed by atoms with Gasteiger partial charge < -0.3 is 0 Å². The summed E-state index contributed by atoms with van der Waals surface area (Å²) >= 11 is 0. The first-order valence-electron chi connectivity index (χ1n) is 13.6. The van der Waals surface area contributed by atoms with Gasteiger partial charge in [0.1, 0.15) is 0 Å². The Morgan fingerprint density at radius 2 is 0.700 bits per heavy atom. The summed E-state index contributed by atoms with van der Waals surface area (Å²) in [6, 6.07) is 46.5. The minimum atomic E-state index is -1.31. The second-order valence-corrected chi connectivity index (χ2v) is 16.1. The fraction of sp³-hybridized carbons (Fsp3) is 0.0833. The molecule has 40 heavy (non-hydrogen) atoms. The molecule has 0 bridgehead atoms. The molecule has 0 atom stereocenters. The van der Waals surface area contributed by atoms with Gasteiger partial charge in [-0.2, -0.15) is 0 Å². The van der Waals surface area contributed by atoms with Crippen LogP contribution in [0.15, 0.2) is 133 Å². The van der Waals surface area contributed by atoms with Crippen molar-refractivity contribution in [3.63, 3.8) is 0 Å². The van der Waals surface area contributed by atoms with Crippen LogP contribution >= 0.6 is 0 Å². The van der Waals surface area contributed by atoms with Gasteiger partial charge in [-0.1, -0.05) is 152 Å². The van der Waals surface area contributed by atoms with Crippen LogP contribution in [0.1, 0.15) is 0 Å². The highest BCUT2D eigenvalue weighted by molar-refractivity contribution is 6.88. The Morgan fingerprint density at radius 3 is 1.12 bits per heavy atom. The Hall–Kier alpha value is -4.67. The molecule has 0 N–H and O–H groups in total. The molecule has 1 aromatic heterocycles. The highest BCUT2D eigenvalue weighted by Gasteiger charge is 2.16. The molecule has 0 unspecified atom stereocenters. The molecule has 0 saturated carbocycles. The summed E-state index contributed by atoms with van der Waals surface area (Å²) in [7, 11) is -1.31. The van der Waals surface area contributed by atoms with Crippen LogP contribution in [0.25, 0.3) is 56.4 Å². The summed E-state index contributed by atoms with van der Waals surface area (Å²) < 4.78 is 0. The van der Waals surface area contributed by atoms with Gasteiger partial charge >= 0.3 is 0 Å². The molecule has 6 rings (SSSR count). The van der Waals surface area contributed by atoms with Crippen LogP contribution < -0.4 is 5.19 Å². The molecular weight excluding hydrogens is 503 g/mol. The molecule has 3 nitrogen and oxygen atoms in total. The van der Waals surface area contributed by atoms with Gasteiger partial charge in [0.2, 0.25) is 0 Å². The van der Waals surface area contributed by atoms with Crippen molar-refractivity contribution in [2.45, 2.75) is 19.6 Å². The molecule has 194 valence electrons. The Balaban J connectivity index is 1.33. The Bertz CT molecular complexity index is 1680. The van der Waals surface area contributed by atoms with Crippen LogP contribution in [0.2, 0.25) is 19.6 Å². The van der Waals surface area contributed by atoms with E-state index < -0.39 is 8.07 Å². The van der Waals surface area contributed by atoms with Crippen molar-refractivity contribution in [2.24, 2.45) is 0 Å². The fourth-order valence-corrected chi connectivity index (χ4v) is 5.96. The average Bonchev–Trinajstić information content (AvgIpc) is 3.01. The zero-order valence-electron chi connectivity index (χ0n) is 23.0. The maximum absolute atomic E-state index is 4.86. The summed E-state index contributed by atoms with van der Waals surface area (Å²) in [6.45, 7) is 7.15. The quantitative estimate of drug-likeness (QED) is 0.201. The second-order valence-electron chi connectivity index (χ2n) is 11.0. The zero-order valence-corrected chi connectivity index (χ0v) is 24.0. The average molecular weight is 534 g/mol. The largest absolute Gasteiger partial charge is 0.208 e. The van der Waals surface area contributed by atoms with Gasteiger partial charge in [0.05, 0.1) is 8.07 Å². The smallest absolute Gasteiger partial charge is 0.164 e. The maximum atomic E-state index is 4.86. The van der Waals surface area contributed by atoms with E-state index in [1.807, 2.05) is 60.7 Å². The van der Waals surface area contributed by atoms with Crippen LogP contribution in [-0.2, 0) is 0 Å². The van der Waals surface area contributed by atoms with E-state index in [2.05, 4.69) is 92.4 Å². The van der Waals surface area contributed by atoms with Gasteiger partial charge in [0.25, 0.3) is 0 Å². The third kappa shape index (κ3) is 5.53. The van der Waals surface area contributed by atoms with Crippen LogP contribution in [0, 0.1) is 0 Å². The van der Waals surface area contributed by atoms with Gasteiger partial charge in [-0.3, -0.25) is 0 Å². The monoisotopic (exact) mass is 533 g/mol. The maximum Gasteiger partial charge on any atom is 0.164 e. The topological polar surface area (TPSA) is 38.7 Å². The van der Waals surface area contributed by atoms with Gasteiger partial charge in [-0.15, -0.1) is 0 Å². The molecule has 1 heterocycles. The molecule has 5 aromatic carbocycles. The first kappa shape index (κ1) is 25.6. The molecule has 0 aliphatic carbocycles. The fourth-order valence-electron chi connectivity index (χ4n) is 4.79. The van der Waals surface area contributed by atoms with Crippen LogP contribution in [0.4, 0.5) is 0 Å². The van der Waals surface area contributed by atoms with E-state index in [0.717, 1.165) is 22.3 Å². The SMILES string of the molecule is C[Si](C)(C)c1ccc(-c2cccc(-c3ccc(-c4nc(-c5ccccc5)nc(-c5ccccc5)n4)cc3)c2)cc1. The lowest BCUT2D eigenvalue weighted by Crippen LogP contribution is -2.37. The minimum absolute atomic E-state index is 0.662. The van der Waals surface area contributed by atoms with Crippen LogP contribution in [0.5, 0.6) is 0 Å². The number of hydrogen-bond donors (Lipinski definition) is 0. The first-order valence-corrected chi connectivity index (χ1v) is 17.1. The normalized spacial score (nSPS) is 11.4. The van der Waals surface area contributed by atoms with E-state index >= 15 is 0 Å². The Labute approximate surface area is 237 Å². The van der Waals surface area contributed by atoms with E-state index in [9.17, 15) is 0 Å². The van der Waals surface area contributed by atoms with Crippen LogP contribution in [-0.4, -0.2) is 23.0 Å². The van der Waals surface area contributed by atoms with Crippen molar-refractivity contribution in [1.82, 2.24) is 15.0 Å². The molecular formula is C36H31N3Si. The molecule has 0 spiro atoms. The highest BCUT2D eigenvalue weighted by atomic mass is 28.3.